The molecule has 0 aliphatic rings. The first-order valence-electron chi connectivity index (χ1n) is 7.90. The second-order valence-electron chi connectivity index (χ2n) is 5.66. The van der Waals surface area contributed by atoms with Crippen LogP contribution in [0.1, 0.15) is 27.3 Å². The van der Waals surface area contributed by atoms with Gasteiger partial charge in [-0.1, -0.05) is 17.5 Å². The second kappa shape index (κ2) is 7.74. The maximum absolute atomic E-state index is 12.8. The molecule has 1 amide bonds. The van der Waals surface area contributed by atoms with Crippen LogP contribution in [-0.2, 0) is 12.7 Å². The molecule has 0 aliphatic heterocycles. The van der Waals surface area contributed by atoms with Crippen molar-refractivity contribution in [2.45, 2.75) is 12.7 Å². The van der Waals surface area contributed by atoms with E-state index in [4.69, 9.17) is 18.0 Å². The molecule has 0 atom stereocenters. The number of hydrogen-bond acceptors (Lipinski definition) is 3. The summed E-state index contributed by atoms with van der Waals surface area (Å²) in [5, 5.41) is 2.45. The Kier molecular flexibility index (Phi) is 5.38. The molecule has 0 saturated heterocycles. The highest BCUT2D eigenvalue weighted by Gasteiger charge is 2.32. The molecule has 3 aromatic rings. The number of amides is 1. The van der Waals surface area contributed by atoms with E-state index in [0.29, 0.717) is 17.5 Å². The lowest BCUT2D eigenvalue weighted by Crippen LogP contribution is -2.25. The van der Waals surface area contributed by atoms with Gasteiger partial charge in [-0.3, -0.25) is 14.3 Å². The zero-order valence-electron chi connectivity index (χ0n) is 14.2. The summed E-state index contributed by atoms with van der Waals surface area (Å²) in [6.45, 7) is 0.142. The number of aromatic nitrogens is 3. The van der Waals surface area contributed by atoms with Crippen molar-refractivity contribution in [1.82, 2.24) is 19.9 Å². The van der Waals surface area contributed by atoms with Gasteiger partial charge in [0.1, 0.15) is 5.69 Å². The summed E-state index contributed by atoms with van der Waals surface area (Å²) in [7, 11) is 0. The van der Waals surface area contributed by atoms with Crippen LogP contribution in [0.25, 0.3) is 5.82 Å². The molecule has 0 unspecified atom stereocenters. The first-order valence-corrected chi connectivity index (χ1v) is 8.27. The molecule has 0 aromatic carbocycles. The maximum atomic E-state index is 12.8. The van der Waals surface area contributed by atoms with E-state index in [9.17, 15) is 18.0 Å². The van der Waals surface area contributed by atoms with E-state index in [2.05, 4.69) is 21.2 Å². The average Bonchev–Trinajstić information content (AvgIpc) is 3.15. The summed E-state index contributed by atoms with van der Waals surface area (Å²) in [4.78, 5) is 20.4. The Balaban J connectivity index is 1.79. The van der Waals surface area contributed by atoms with Crippen molar-refractivity contribution in [3.05, 3.63) is 76.5 Å². The van der Waals surface area contributed by atoms with Gasteiger partial charge in [-0.05, 0) is 30.3 Å². The summed E-state index contributed by atoms with van der Waals surface area (Å²) in [6, 6.07) is 7.21. The first kappa shape index (κ1) is 19.5. The number of alkyl halides is 3. The van der Waals surface area contributed by atoms with E-state index in [1.165, 1.54) is 23.0 Å². The number of carbonyl (C=O) groups excluding carboxylic acids is 1. The predicted octanol–water partition coefficient (Wildman–Crippen LogP) is 3.85. The Morgan fingerprint density at radius 2 is 2.04 bits per heavy atom. The van der Waals surface area contributed by atoms with Gasteiger partial charge >= 0.3 is 6.18 Å². The van der Waals surface area contributed by atoms with Gasteiger partial charge in [0.05, 0.1) is 22.8 Å². The van der Waals surface area contributed by atoms with Gasteiger partial charge < -0.3 is 5.32 Å². The molecule has 0 radical (unpaired) electrons. The van der Waals surface area contributed by atoms with E-state index in [1.807, 2.05) is 0 Å². The Hall–Kier alpha value is -3.31. The van der Waals surface area contributed by atoms with E-state index in [0.717, 1.165) is 6.07 Å². The van der Waals surface area contributed by atoms with Gasteiger partial charge in [0, 0.05) is 24.2 Å². The molecule has 3 aromatic heterocycles. The van der Waals surface area contributed by atoms with Crippen LogP contribution in [0.5, 0.6) is 0 Å². The standard InChI is InChI=1S/C19H12ClF3N4O/c1-2-12-5-6-14(24-9-12)11-26-18(28)16-4-3-7-27(16)17-15(20)8-13(10-25-17)19(21,22)23/h1,3-10H,11H2,(H,26,28). The third-order valence-corrected chi connectivity index (χ3v) is 4.06. The number of nitrogens with zero attached hydrogens (tertiary/aromatic N) is 3. The fourth-order valence-electron chi connectivity index (χ4n) is 2.39. The van der Waals surface area contributed by atoms with Crippen molar-refractivity contribution >= 4 is 17.5 Å². The number of nitrogens with one attached hydrogen (secondary N) is 1. The Morgan fingerprint density at radius 1 is 1.25 bits per heavy atom. The summed E-state index contributed by atoms with van der Waals surface area (Å²) >= 11 is 5.96. The summed E-state index contributed by atoms with van der Waals surface area (Å²) in [5.74, 6) is 1.99. The number of terminal acetylenes is 1. The number of pyridine rings is 2. The molecular formula is C19H12ClF3N4O. The highest BCUT2D eigenvalue weighted by Crippen LogP contribution is 2.32. The number of hydrogen-bond donors (Lipinski definition) is 1. The largest absolute Gasteiger partial charge is 0.417 e. The predicted molar refractivity (Wildman–Crippen MR) is 96.9 cm³/mol. The van der Waals surface area contributed by atoms with Gasteiger partial charge in [0.2, 0.25) is 0 Å². The molecule has 9 heteroatoms. The van der Waals surface area contributed by atoms with E-state index >= 15 is 0 Å². The summed E-state index contributed by atoms with van der Waals surface area (Å²) in [6.07, 6.45) is 4.36. The van der Waals surface area contributed by atoms with Crippen molar-refractivity contribution in [1.29, 1.82) is 0 Å². The highest BCUT2D eigenvalue weighted by molar-refractivity contribution is 6.32. The van der Waals surface area contributed by atoms with Gasteiger partial charge in [-0.15, -0.1) is 6.42 Å². The first-order chi connectivity index (χ1) is 13.3. The molecule has 0 saturated carbocycles. The lowest BCUT2D eigenvalue weighted by molar-refractivity contribution is -0.137. The Labute approximate surface area is 163 Å². The molecule has 0 spiro atoms. The number of rotatable bonds is 4. The Bertz CT molecular complexity index is 1050. The molecule has 5 nitrogen and oxygen atoms in total. The molecule has 3 heterocycles. The van der Waals surface area contributed by atoms with Crippen molar-refractivity contribution < 1.29 is 18.0 Å². The van der Waals surface area contributed by atoms with Crippen LogP contribution < -0.4 is 5.32 Å². The molecule has 0 fully saturated rings. The second-order valence-corrected chi connectivity index (χ2v) is 6.06. The van der Waals surface area contributed by atoms with Gasteiger partial charge in [-0.2, -0.15) is 13.2 Å². The number of halogens is 4. The molecule has 0 bridgehead atoms. The zero-order valence-corrected chi connectivity index (χ0v) is 14.9. The minimum Gasteiger partial charge on any atom is -0.345 e. The topological polar surface area (TPSA) is 59.8 Å². The maximum Gasteiger partial charge on any atom is 0.417 e. The third-order valence-electron chi connectivity index (χ3n) is 3.78. The molecule has 3 rings (SSSR count). The van der Waals surface area contributed by atoms with E-state index in [-0.39, 0.29) is 23.1 Å². The minimum atomic E-state index is -4.56. The van der Waals surface area contributed by atoms with E-state index < -0.39 is 17.6 Å². The SMILES string of the molecule is C#Cc1ccc(CNC(=O)c2cccn2-c2ncc(C(F)(F)F)cc2Cl)nc1. The quantitative estimate of drug-likeness (QED) is 0.672. The van der Waals surface area contributed by atoms with Gasteiger partial charge in [0.15, 0.2) is 5.82 Å². The van der Waals surface area contributed by atoms with Gasteiger partial charge in [-0.25, -0.2) is 4.98 Å². The zero-order chi connectivity index (χ0) is 20.3. The van der Waals surface area contributed by atoms with Crippen LogP contribution in [0.3, 0.4) is 0 Å². The fraction of sp³-hybridized carbons (Fsp3) is 0.105. The van der Waals surface area contributed by atoms with Crippen LogP contribution >= 0.6 is 11.6 Å². The summed E-state index contributed by atoms with van der Waals surface area (Å²) < 4.78 is 39.6. The van der Waals surface area contributed by atoms with Gasteiger partial charge in [0.25, 0.3) is 5.91 Å². The lowest BCUT2D eigenvalue weighted by atomic mass is 10.2. The fourth-order valence-corrected chi connectivity index (χ4v) is 2.65. The minimum absolute atomic E-state index is 0.0151. The molecular weight excluding hydrogens is 393 g/mol. The lowest BCUT2D eigenvalue weighted by Gasteiger charge is -2.12. The van der Waals surface area contributed by atoms with E-state index in [1.54, 1.807) is 18.2 Å². The monoisotopic (exact) mass is 404 g/mol. The van der Waals surface area contributed by atoms with Crippen LogP contribution in [0.4, 0.5) is 13.2 Å². The van der Waals surface area contributed by atoms with Crippen LogP contribution in [-0.4, -0.2) is 20.4 Å². The smallest absolute Gasteiger partial charge is 0.345 e. The van der Waals surface area contributed by atoms with Crippen molar-refractivity contribution in [3.63, 3.8) is 0 Å². The summed E-state index contributed by atoms with van der Waals surface area (Å²) in [5.41, 5.74) is 0.401. The van der Waals surface area contributed by atoms with Crippen LogP contribution in [0.15, 0.2) is 48.9 Å². The van der Waals surface area contributed by atoms with Crippen LogP contribution in [0, 0.1) is 12.3 Å². The van der Waals surface area contributed by atoms with Crippen molar-refractivity contribution in [3.8, 4) is 18.2 Å². The third kappa shape index (κ3) is 4.15. The van der Waals surface area contributed by atoms with Crippen molar-refractivity contribution in [2.75, 3.05) is 0 Å². The normalized spacial score (nSPS) is 11.1. The Morgan fingerprint density at radius 3 is 2.64 bits per heavy atom. The van der Waals surface area contributed by atoms with Crippen molar-refractivity contribution in [2.24, 2.45) is 0 Å². The molecule has 28 heavy (non-hydrogen) atoms. The number of carbonyl (C=O) groups is 1. The van der Waals surface area contributed by atoms with Crippen LogP contribution in [0.2, 0.25) is 5.02 Å². The molecule has 1 N–H and O–H groups in total. The highest BCUT2D eigenvalue weighted by atomic mass is 35.5. The molecule has 142 valence electrons. The average molecular weight is 405 g/mol. The molecule has 0 aliphatic carbocycles.